The van der Waals surface area contributed by atoms with E-state index in [0.717, 1.165) is 45.9 Å². The highest BCUT2D eigenvalue weighted by Gasteiger charge is 2.14. The van der Waals surface area contributed by atoms with E-state index in [4.69, 9.17) is 9.97 Å². The van der Waals surface area contributed by atoms with Crippen LogP contribution in [-0.4, -0.2) is 24.5 Å². The number of hydrogen-bond donors (Lipinski definition) is 1. The molecule has 4 rings (SSSR count). The van der Waals surface area contributed by atoms with E-state index in [1.54, 1.807) is 0 Å². The van der Waals surface area contributed by atoms with Gasteiger partial charge in [0, 0.05) is 35.8 Å². The lowest BCUT2D eigenvalue weighted by atomic mass is 10.2. The summed E-state index contributed by atoms with van der Waals surface area (Å²) in [6.45, 7) is 6.87. The lowest BCUT2D eigenvalue weighted by molar-refractivity contribution is 0.740. The molecule has 0 saturated carbocycles. The fourth-order valence-electron chi connectivity index (χ4n) is 3.22. The molecule has 144 valence electrons. The second-order valence-electron chi connectivity index (χ2n) is 6.63. The maximum Gasteiger partial charge on any atom is 0.227 e. The Morgan fingerprint density at radius 1 is 1.00 bits per heavy atom. The molecule has 0 amide bonds. The monoisotopic (exact) mass is 394 g/mol. The Morgan fingerprint density at radius 2 is 1.71 bits per heavy atom. The van der Waals surface area contributed by atoms with Crippen LogP contribution in [0.25, 0.3) is 11.2 Å². The zero-order valence-electron chi connectivity index (χ0n) is 16.2. The summed E-state index contributed by atoms with van der Waals surface area (Å²) in [4.78, 5) is 18.4. The third-order valence-electron chi connectivity index (χ3n) is 4.49. The number of rotatable bonds is 5. The number of nitrogens with zero attached hydrogens (tertiary/aromatic N) is 5. The number of imidazole rings is 1. The van der Waals surface area contributed by atoms with Gasteiger partial charge >= 0.3 is 0 Å². The van der Waals surface area contributed by atoms with Gasteiger partial charge in [0.05, 0.1) is 6.54 Å². The first-order chi connectivity index (χ1) is 13.1. The first kappa shape index (κ1) is 19.8. The molecule has 0 bridgehead atoms. The van der Waals surface area contributed by atoms with E-state index < -0.39 is 0 Å². The zero-order chi connectivity index (χ0) is 18.8. The van der Waals surface area contributed by atoms with Gasteiger partial charge in [0.15, 0.2) is 5.65 Å². The van der Waals surface area contributed by atoms with Gasteiger partial charge in [0.1, 0.15) is 11.3 Å². The fraction of sp³-hybridized carbons (Fsp3) is 0.238. The molecule has 6 nitrogen and oxygen atoms in total. The average Bonchev–Trinajstić information content (AvgIpc) is 3.02. The number of halogens is 1. The SMILES string of the molecule is CCc1nc2c(C)cc(C)nc2n1Cc1cnc(Nc2ccccc2)nc1.Cl. The minimum absolute atomic E-state index is 0. The van der Waals surface area contributed by atoms with Gasteiger partial charge in [-0.15, -0.1) is 12.4 Å². The molecule has 0 aliphatic carbocycles. The van der Waals surface area contributed by atoms with Crippen molar-refractivity contribution in [1.29, 1.82) is 0 Å². The third-order valence-corrected chi connectivity index (χ3v) is 4.49. The van der Waals surface area contributed by atoms with Gasteiger partial charge in [-0.05, 0) is 37.6 Å². The molecular formula is C21H23ClN6. The van der Waals surface area contributed by atoms with Crippen LogP contribution in [0, 0.1) is 13.8 Å². The topological polar surface area (TPSA) is 68.5 Å². The van der Waals surface area contributed by atoms with Gasteiger partial charge < -0.3 is 9.88 Å². The second kappa shape index (κ2) is 8.35. The van der Waals surface area contributed by atoms with E-state index in [0.29, 0.717) is 12.5 Å². The molecule has 7 heteroatoms. The fourth-order valence-corrected chi connectivity index (χ4v) is 3.22. The largest absolute Gasteiger partial charge is 0.324 e. The van der Waals surface area contributed by atoms with Crippen molar-refractivity contribution in [3.8, 4) is 0 Å². The summed E-state index contributed by atoms with van der Waals surface area (Å²) in [5.41, 5.74) is 6.04. The van der Waals surface area contributed by atoms with Crippen LogP contribution in [0.4, 0.5) is 11.6 Å². The zero-order valence-corrected chi connectivity index (χ0v) is 17.0. The number of hydrogen-bond acceptors (Lipinski definition) is 5. The van der Waals surface area contributed by atoms with E-state index in [9.17, 15) is 0 Å². The molecule has 0 atom stereocenters. The van der Waals surface area contributed by atoms with Crippen LogP contribution in [0.1, 0.15) is 29.6 Å². The predicted molar refractivity (Wildman–Crippen MR) is 114 cm³/mol. The molecule has 1 aromatic carbocycles. The number of aromatic nitrogens is 5. The van der Waals surface area contributed by atoms with Crippen LogP contribution in [-0.2, 0) is 13.0 Å². The van der Waals surface area contributed by atoms with Gasteiger partial charge in [-0.2, -0.15) is 0 Å². The first-order valence-corrected chi connectivity index (χ1v) is 9.10. The van der Waals surface area contributed by atoms with Gasteiger partial charge in [0.25, 0.3) is 0 Å². The highest BCUT2D eigenvalue weighted by Crippen LogP contribution is 2.21. The minimum Gasteiger partial charge on any atom is -0.324 e. The summed E-state index contributed by atoms with van der Waals surface area (Å²) in [5.74, 6) is 1.61. The maximum absolute atomic E-state index is 4.79. The molecule has 4 aromatic rings. The van der Waals surface area contributed by atoms with Gasteiger partial charge in [-0.3, -0.25) is 0 Å². The molecule has 0 radical (unpaired) electrons. The Hall–Kier alpha value is -2.99. The van der Waals surface area contributed by atoms with Crippen molar-refractivity contribution < 1.29 is 0 Å². The molecule has 0 unspecified atom stereocenters. The smallest absolute Gasteiger partial charge is 0.227 e. The summed E-state index contributed by atoms with van der Waals surface area (Å²) in [6.07, 6.45) is 4.56. The van der Waals surface area contributed by atoms with E-state index >= 15 is 0 Å². The Kier molecular flexibility index (Phi) is 5.90. The van der Waals surface area contributed by atoms with E-state index in [1.807, 2.05) is 49.6 Å². The molecule has 3 aromatic heterocycles. The van der Waals surface area contributed by atoms with Gasteiger partial charge in [-0.1, -0.05) is 25.1 Å². The summed E-state index contributed by atoms with van der Waals surface area (Å²) in [7, 11) is 0. The summed E-state index contributed by atoms with van der Waals surface area (Å²) in [6, 6.07) is 12.0. The molecule has 1 N–H and O–H groups in total. The number of anilines is 2. The minimum atomic E-state index is 0. The number of aryl methyl sites for hydroxylation is 3. The molecule has 0 fully saturated rings. The number of benzene rings is 1. The Labute approximate surface area is 170 Å². The van der Waals surface area contributed by atoms with Crippen LogP contribution in [0.15, 0.2) is 48.8 Å². The summed E-state index contributed by atoms with van der Waals surface area (Å²) < 4.78 is 2.17. The number of fused-ring (bicyclic) bond motifs is 1. The third kappa shape index (κ3) is 3.97. The van der Waals surface area contributed by atoms with Gasteiger partial charge in [0.2, 0.25) is 5.95 Å². The Bertz CT molecular complexity index is 1070. The van der Waals surface area contributed by atoms with Crippen LogP contribution < -0.4 is 5.32 Å². The van der Waals surface area contributed by atoms with Crippen molar-refractivity contribution in [2.75, 3.05) is 5.32 Å². The van der Waals surface area contributed by atoms with Crippen LogP contribution in [0.3, 0.4) is 0 Å². The summed E-state index contributed by atoms with van der Waals surface area (Å²) >= 11 is 0. The van der Waals surface area contributed by atoms with Crippen LogP contribution in [0.2, 0.25) is 0 Å². The average molecular weight is 395 g/mol. The number of para-hydroxylation sites is 1. The van der Waals surface area contributed by atoms with Crippen LogP contribution in [0.5, 0.6) is 0 Å². The lowest BCUT2D eigenvalue weighted by Gasteiger charge is -2.09. The predicted octanol–water partition coefficient (Wildman–Crippen LogP) is 4.61. The quantitative estimate of drug-likeness (QED) is 0.535. The molecule has 0 spiro atoms. The Morgan fingerprint density at radius 3 is 2.39 bits per heavy atom. The Balaban J connectivity index is 0.00000225. The van der Waals surface area contributed by atoms with Crippen molar-refractivity contribution in [2.24, 2.45) is 0 Å². The van der Waals surface area contributed by atoms with Crippen molar-refractivity contribution in [3.63, 3.8) is 0 Å². The highest BCUT2D eigenvalue weighted by molar-refractivity contribution is 5.85. The number of pyridine rings is 1. The van der Waals surface area contributed by atoms with E-state index in [2.05, 4.69) is 39.8 Å². The van der Waals surface area contributed by atoms with Crippen molar-refractivity contribution in [2.45, 2.75) is 33.7 Å². The standard InChI is InChI=1S/C21H22N6.ClH/c1-4-18-26-19-14(2)10-15(3)24-20(19)27(18)13-16-11-22-21(23-12-16)25-17-8-6-5-7-9-17;/h5-12H,4,13H2,1-3H3,(H,22,23,25);1H. The van der Waals surface area contributed by atoms with Crippen molar-refractivity contribution >= 4 is 35.2 Å². The highest BCUT2D eigenvalue weighted by atomic mass is 35.5. The van der Waals surface area contributed by atoms with Crippen molar-refractivity contribution in [1.82, 2.24) is 24.5 Å². The van der Waals surface area contributed by atoms with E-state index in [-0.39, 0.29) is 12.4 Å². The summed E-state index contributed by atoms with van der Waals surface area (Å²) in [5, 5.41) is 3.20. The molecule has 28 heavy (non-hydrogen) atoms. The normalized spacial score (nSPS) is 10.7. The maximum atomic E-state index is 4.79. The molecule has 0 saturated heterocycles. The molecule has 0 aliphatic rings. The van der Waals surface area contributed by atoms with Gasteiger partial charge in [-0.25, -0.2) is 19.9 Å². The van der Waals surface area contributed by atoms with E-state index in [1.165, 1.54) is 0 Å². The first-order valence-electron chi connectivity index (χ1n) is 9.10. The second-order valence-corrected chi connectivity index (χ2v) is 6.63. The van der Waals surface area contributed by atoms with Crippen LogP contribution >= 0.6 is 12.4 Å². The lowest BCUT2D eigenvalue weighted by Crippen LogP contribution is -2.07. The molecule has 0 aliphatic heterocycles. The molecule has 3 heterocycles. The van der Waals surface area contributed by atoms with Crippen molar-refractivity contribution in [3.05, 3.63) is 71.4 Å². The molecular weight excluding hydrogens is 372 g/mol. The number of nitrogens with one attached hydrogen (secondary N) is 1.